The van der Waals surface area contributed by atoms with Gasteiger partial charge in [-0.2, -0.15) is 0 Å². The molecule has 0 bridgehead atoms. The van der Waals surface area contributed by atoms with Crippen LogP contribution in [0.4, 0.5) is 5.69 Å². The van der Waals surface area contributed by atoms with Gasteiger partial charge in [-0.3, -0.25) is 4.79 Å². The maximum absolute atomic E-state index is 12.0. The van der Waals surface area contributed by atoms with Crippen LogP contribution >= 0.6 is 0 Å². The number of carbonyl (C=O) groups excluding carboxylic acids is 1. The molecule has 3 nitrogen and oxygen atoms in total. The second kappa shape index (κ2) is 3.91. The van der Waals surface area contributed by atoms with Crippen molar-refractivity contribution in [3.05, 3.63) is 29.3 Å². The van der Waals surface area contributed by atoms with Crippen LogP contribution in [0.5, 0.6) is 0 Å². The predicted molar refractivity (Wildman–Crippen MR) is 65.3 cm³/mol. The highest BCUT2D eigenvalue weighted by molar-refractivity contribution is 6.04. The van der Waals surface area contributed by atoms with E-state index in [2.05, 4.69) is 13.8 Å². The van der Waals surface area contributed by atoms with Crippen molar-refractivity contribution < 1.29 is 4.79 Å². The third-order valence-corrected chi connectivity index (χ3v) is 2.89. The number of amides is 1. The first kappa shape index (κ1) is 11.1. The molecule has 2 N–H and O–H groups in total. The summed E-state index contributed by atoms with van der Waals surface area (Å²) >= 11 is 0. The van der Waals surface area contributed by atoms with Crippen molar-refractivity contribution in [3.8, 4) is 0 Å². The van der Waals surface area contributed by atoms with Gasteiger partial charge in [0.1, 0.15) is 6.04 Å². The summed E-state index contributed by atoms with van der Waals surface area (Å²) in [6.07, 6.45) is 0. The Morgan fingerprint density at radius 2 is 2.12 bits per heavy atom. The number of anilines is 1. The fraction of sp³-hybridized carbons (Fsp3) is 0.462. The molecule has 0 aromatic heterocycles. The molecule has 1 aromatic rings. The number of fused-ring (bicyclic) bond motifs is 1. The van der Waals surface area contributed by atoms with Gasteiger partial charge in [0.25, 0.3) is 0 Å². The number of nitrogens with two attached hydrogens (primary N) is 1. The minimum absolute atomic E-state index is 0.0225. The second-order valence-electron chi connectivity index (χ2n) is 4.88. The number of carbonyl (C=O) groups is 1. The average molecular weight is 218 g/mol. The Labute approximate surface area is 96.2 Å². The van der Waals surface area contributed by atoms with E-state index in [0.29, 0.717) is 5.92 Å². The Kier molecular flexibility index (Phi) is 2.72. The van der Waals surface area contributed by atoms with Crippen LogP contribution in [0.1, 0.15) is 31.0 Å². The maximum Gasteiger partial charge on any atom is 0.248 e. The molecule has 0 aliphatic carbocycles. The lowest BCUT2D eigenvalue weighted by molar-refractivity contribution is -0.119. The highest BCUT2D eigenvalue weighted by Crippen LogP contribution is 2.35. The molecule has 0 saturated heterocycles. The molecule has 0 saturated carbocycles. The first-order valence-electron chi connectivity index (χ1n) is 5.68. The van der Waals surface area contributed by atoms with Crippen LogP contribution in [-0.4, -0.2) is 12.5 Å². The lowest BCUT2D eigenvalue weighted by Gasteiger charge is -2.19. The van der Waals surface area contributed by atoms with Gasteiger partial charge in [0.15, 0.2) is 0 Å². The summed E-state index contributed by atoms with van der Waals surface area (Å²) < 4.78 is 0. The molecule has 16 heavy (non-hydrogen) atoms. The molecule has 0 unspecified atom stereocenters. The van der Waals surface area contributed by atoms with Gasteiger partial charge in [-0.05, 0) is 18.9 Å². The summed E-state index contributed by atoms with van der Waals surface area (Å²) in [5.41, 5.74) is 9.03. The Bertz CT molecular complexity index is 426. The second-order valence-corrected chi connectivity index (χ2v) is 4.88. The number of benzene rings is 1. The number of rotatable bonds is 2. The lowest BCUT2D eigenvalue weighted by atomic mass is 10.1. The Morgan fingerprint density at radius 3 is 2.75 bits per heavy atom. The van der Waals surface area contributed by atoms with Crippen LogP contribution < -0.4 is 10.6 Å². The van der Waals surface area contributed by atoms with E-state index < -0.39 is 6.04 Å². The van der Waals surface area contributed by atoms with E-state index in [1.54, 1.807) is 0 Å². The molecule has 86 valence electrons. The third-order valence-electron chi connectivity index (χ3n) is 2.89. The molecule has 0 radical (unpaired) electrons. The van der Waals surface area contributed by atoms with Gasteiger partial charge in [-0.15, -0.1) is 0 Å². The number of hydrogen-bond acceptors (Lipinski definition) is 2. The zero-order valence-corrected chi connectivity index (χ0v) is 10.0. The van der Waals surface area contributed by atoms with Crippen molar-refractivity contribution in [1.82, 2.24) is 0 Å². The molecular formula is C13H18N2O. The molecule has 1 heterocycles. The zero-order chi connectivity index (χ0) is 11.9. The van der Waals surface area contributed by atoms with Crippen molar-refractivity contribution in [3.63, 3.8) is 0 Å². The van der Waals surface area contributed by atoms with Gasteiger partial charge in [-0.25, -0.2) is 0 Å². The Hall–Kier alpha value is -1.35. The summed E-state index contributed by atoms with van der Waals surface area (Å²) in [7, 11) is 0. The SMILES string of the molecule is Cc1ccc2c(c1)[C@@H](N)C(=O)N2CC(C)C. The van der Waals surface area contributed by atoms with Crippen LogP contribution in [0.25, 0.3) is 0 Å². The minimum atomic E-state index is -0.478. The summed E-state index contributed by atoms with van der Waals surface area (Å²) in [6.45, 7) is 6.96. The summed E-state index contributed by atoms with van der Waals surface area (Å²) in [5, 5.41) is 0. The molecular weight excluding hydrogens is 200 g/mol. The number of nitrogens with zero attached hydrogens (tertiary/aromatic N) is 1. The van der Waals surface area contributed by atoms with Crippen LogP contribution in [0.15, 0.2) is 18.2 Å². The van der Waals surface area contributed by atoms with E-state index in [9.17, 15) is 4.79 Å². The first-order chi connectivity index (χ1) is 7.50. The van der Waals surface area contributed by atoms with Crippen molar-refractivity contribution in [2.75, 3.05) is 11.4 Å². The topological polar surface area (TPSA) is 46.3 Å². The molecule has 1 aliphatic heterocycles. The fourth-order valence-electron chi connectivity index (χ4n) is 2.14. The van der Waals surface area contributed by atoms with Crippen LogP contribution in [0.2, 0.25) is 0 Å². The van der Waals surface area contributed by atoms with Gasteiger partial charge in [0.05, 0.1) is 0 Å². The first-order valence-corrected chi connectivity index (χ1v) is 5.68. The maximum atomic E-state index is 12.0. The van der Waals surface area contributed by atoms with Crippen molar-refractivity contribution in [1.29, 1.82) is 0 Å². The van der Waals surface area contributed by atoms with Crippen LogP contribution in [0, 0.1) is 12.8 Å². The van der Waals surface area contributed by atoms with Crippen molar-refractivity contribution in [2.45, 2.75) is 26.8 Å². The van der Waals surface area contributed by atoms with E-state index in [-0.39, 0.29) is 5.91 Å². The van der Waals surface area contributed by atoms with Gasteiger partial charge in [0, 0.05) is 17.8 Å². The summed E-state index contributed by atoms with van der Waals surface area (Å²) in [6, 6.07) is 5.56. The Morgan fingerprint density at radius 1 is 1.44 bits per heavy atom. The number of aryl methyl sites for hydroxylation is 1. The van der Waals surface area contributed by atoms with Gasteiger partial charge in [0.2, 0.25) is 5.91 Å². The highest BCUT2D eigenvalue weighted by Gasteiger charge is 2.34. The highest BCUT2D eigenvalue weighted by atomic mass is 16.2. The van der Waals surface area contributed by atoms with Crippen molar-refractivity contribution in [2.24, 2.45) is 11.7 Å². The normalized spacial score (nSPS) is 19.4. The molecule has 3 heteroatoms. The fourth-order valence-corrected chi connectivity index (χ4v) is 2.14. The van der Waals surface area contributed by atoms with E-state index in [1.807, 2.05) is 30.0 Å². The molecule has 0 spiro atoms. The van der Waals surface area contributed by atoms with Crippen molar-refractivity contribution >= 4 is 11.6 Å². The lowest BCUT2D eigenvalue weighted by Crippen LogP contribution is -2.34. The molecule has 2 rings (SSSR count). The molecule has 0 fully saturated rings. The van der Waals surface area contributed by atoms with E-state index in [4.69, 9.17) is 5.73 Å². The van der Waals surface area contributed by atoms with E-state index in [1.165, 1.54) is 0 Å². The standard InChI is InChI=1S/C13H18N2O/c1-8(2)7-15-11-5-4-9(3)6-10(11)12(14)13(15)16/h4-6,8,12H,7,14H2,1-3H3/t12-/m1/s1. The van der Waals surface area contributed by atoms with Crippen LogP contribution in [-0.2, 0) is 4.79 Å². The number of hydrogen-bond donors (Lipinski definition) is 1. The smallest absolute Gasteiger partial charge is 0.248 e. The summed E-state index contributed by atoms with van der Waals surface area (Å²) in [5.74, 6) is 0.470. The van der Waals surface area contributed by atoms with Gasteiger partial charge >= 0.3 is 0 Å². The van der Waals surface area contributed by atoms with Crippen LogP contribution in [0.3, 0.4) is 0 Å². The largest absolute Gasteiger partial charge is 0.316 e. The predicted octanol–water partition coefficient (Wildman–Crippen LogP) is 2.00. The monoisotopic (exact) mass is 218 g/mol. The zero-order valence-electron chi connectivity index (χ0n) is 10.0. The quantitative estimate of drug-likeness (QED) is 0.825. The van der Waals surface area contributed by atoms with E-state index >= 15 is 0 Å². The third kappa shape index (κ3) is 1.71. The van der Waals surface area contributed by atoms with Gasteiger partial charge < -0.3 is 10.6 Å². The van der Waals surface area contributed by atoms with E-state index in [0.717, 1.165) is 23.4 Å². The molecule has 1 aliphatic rings. The average Bonchev–Trinajstić information content (AvgIpc) is 2.43. The summed E-state index contributed by atoms with van der Waals surface area (Å²) in [4.78, 5) is 13.8. The van der Waals surface area contributed by atoms with Gasteiger partial charge in [-0.1, -0.05) is 31.5 Å². The molecule has 1 atom stereocenters. The molecule has 1 amide bonds. The minimum Gasteiger partial charge on any atom is -0.316 e. The Balaban J connectivity index is 2.42. The molecule has 1 aromatic carbocycles.